The van der Waals surface area contributed by atoms with Gasteiger partial charge in [0.1, 0.15) is 11.3 Å². The SMILES string of the molecule is CCOc1ccc(C(=O)Nc2cc(-c3nc4ccc(C)cc4o3)ccc2C)cc1. The van der Waals surface area contributed by atoms with Gasteiger partial charge in [0.2, 0.25) is 5.89 Å². The van der Waals surface area contributed by atoms with E-state index in [0.717, 1.165) is 39.2 Å². The average molecular weight is 386 g/mol. The standard InChI is InChI=1S/C24H22N2O3/c1-4-28-19-10-8-17(9-11-19)23(27)25-21-14-18(7-6-16(21)3)24-26-20-12-5-15(2)13-22(20)29-24/h5-14H,4H2,1-3H3,(H,25,27). The molecule has 1 N–H and O–H groups in total. The highest BCUT2D eigenvalue weighted by molar-refractivity contribution is 6.05. The summed E-state index contributed by atoms with van der Waals surface area (Å²) in [7, 11) is 0. The number of ether oxygens (including phenoxy) is 1. The molecular formula is C24H22N2O3. The van der Waals surface area contributed by atoms with Gasteiger partial charge in [0.15, 0.2) is 5.58 Å². The Labute approximate surface area is 169 Å². The Bertz CT molecular complexity index is 1180. The van der Waals surface area contributed by atoms with Gasteiger partial charge in [-0.2, -0.15) is 0 Å². The van der Waals surface area contributed by atoms with E-state index in [-0.39, 0.29) is 5.91 Å². The Balaban J connectivity index is 1.60. The highest BCUT2D eigenvalue weighted by Gasteiger charge is 2.13. The maximum absolute atomic E-state index is 12.7. The van der Waals surface area contributed by atoms with Crippen LogP contribution in [0.5, 0.6) is 5.75 Å². The lowest BCUT2D eigenvalue weighted by Crippen LogP contribution is -2.12. The van der Waals surface area contributed by atoms with Crippen molar-refractivity contribution in [2.45, 2.75) is 20.8 Å². The molecule has 0 spiro atoms. The Hall–Kier alpha value is -3.60. The fourth-order valence-electron chi connectivity index (χ4n) is 3.11. The molecule has 0 atom stereocenters. The number of nitrogens with one attached hydrogen (secondary N) is 1. The summed E-state index contributed by atoms with van der Waals surface area (Å²) in [6.07, 6.45) is 0. The molecule has 4 rings (SSSR count). The molecule has 0 aliphatic carbocycles. The van der Waals surface area contributed by atoms with E-state index in [1.54, 1.807) is 24.3 Å². The lowest BCUT2D eigenvalue weighted by molar-refractivity contribution is 0.102. The summed E-state index contributed by atoms with van der Waals surface area (Å²) in [5.74, 6) is 1.09. The molecule has 5 nitrogen and oxygen atoms in total. The summed E-state index contributed by atoms with van der Waals surface area (Å²) >= 11 is 0. The number of benzene rings is 3. The van der Waals surface area contributed by atoms with Crippen molar-refractivity contribution in [3.8, 4) is 17.2 Å². The van der Waals surface area contributed by atoms with E-state index in [2.05, 4.69) is 10.3 Å². The largest absolute Gasteiger partial charge is 0.494 e. The van der Waals surface area contributed by atoms with Crippen LogP contribution >= 0.6 is 0 Å². The quantitative estimate of drug-likeness (QED) is 0.473. The van der Waals surface area contributed by atoms with Crippen LogP contribution in [-0.2, 0) is 0 Å². The molecule has 0 saturated carbocycles. The number of oxazole rings is 1. The van der Waals surface area contributed by atoms with Crippen LogP contribution < -0.4 is 10.1 Å². The number of carbonyl (C=O) groups excluding carboxylic acids is 1. The average Bonchev–Trinajstić information content (AvgIpc) is 3.13. The third-order valence-corrected chi connectivity index (χ3v) is 4.70. The number of anilines is 1. The van der Waals surface area contributed by atoms with Crippen LogP contribution in [0.25, 0.3) is 22.6 Å². The van der Waals surface area contributed by atoms with Crippen molar-refractivity contribution in [2.24, 2.45) is 0 Å². The zero-order valence-corrected chi connectivity index (χ0v) is 16.7. The van der Waals surface area contributed by atoms with E-state index in [0.29, 0.717) is 18.1 Å². The second-order valence-corrected chi connectivity index (χ2v) is 6.93. The highest BCUT2D eigenvalue weighted by Crippen LogP contribution is 2.28. The van der Waals surface area contributed by atoms with Gasteiger partial charge in [-0.1, -0.05) is 12.1 Å². The summed E-state index contributed by atoms with van der Waals surface area (Å²) in [4.78, 5) is 17.2. The molecule has 5 heteroatoms. The maximum atomic E-state index is 12.7. The van der Waals surface area contributed by atoms with Crippen molar-refractivity contribution in [3.05, 3.63) is 77.4 Å². The van der Waals surface area contributed by atoms with Crippen molar-refractivity contribution < 1.29 is 13.9 Å². The van der Waals surface area contributed by atoms with Gasteiger partial charge in [0.05, 0.1) is 6.61 Å². The number of amides is 1. The maximum Gasteiger partial charge on any atom is 0.255 e. The third-order valence-electron chi connectivity index (χ3n) is 4.70. The molecule has 4 aromatic rings. The Morgan fingerprint density at radius 3 is 2.59 bits per heavy atom. The molecule has 146 valence electrons. The first-order chi connectivity index (χ1) is 14.0. The normalized spacial score (nSPS) is 10.9. The lowest BCUT2D eigenvalue weighted by Gasteiger charge is -2.10. The number of carbonyl (C=O) groups is 1. The summed E-state index contributed by atoms with van der Waals surface area (Å²) in [5.41, 5.74) is 5.74. The van der Waals surface area contributed by atoms with Crippen molar-refractivity contribution in [1.29, 1.82) is 0 Å². The monoisotopic (exact) mass is 386 g/mol. The summed E-state index contributed by atoms with van der Waals surface area (Å²) in [6, 6.07) is 18.8. The minimum absolute atomic E-state index is 0.179. The van der Waals surface area contributed by atoms with Gasteiger partial charge in [0.25, 0.3) is 5.91 Å². The van der Waals surface area contributed by atoms with Gasteiger partial charge in [-0.15, -0.1) is 0 Å². The van der Waals surface area contributed by atoms with Crippen LogP contribution in [0.4, 0.5) is 5.69 Å². The van der Waals surface area contributed by atoms with E-state index < -0.39 is 0 Å². The smallest absolute Gasteiger partial charge is 0.255 e. The van der Waals surface area contributed by atoms with Crippen LogP contribution in [0.2, 0.25) is 0 Å². The number of hydrogen-bond donors (Lipinski definition) is 1. The predicted molar refractivity (Wildman–Crippen MR) is 114 cm³/mol. The zero-order chi connectivity index (χ0) is 20.4. The van der Waals surface area contributed by atoms with E-state index in [1.807, 2.05) is 57.2 Å². The zero-order valence-electron chi connectivity index (χ0n) is 16.7. The molecule has 1 amide bonds. The van der Waals surface area contributed by atoms with Crippen LogP contribution in [0.3, 0.4) is 0 Å². The van der Waals surface area contributed by atoms with Crippen LogP contribution in [0.15, 0.2) is 65.1 Å². The van der Waals surface area contributed by atoms with E-state index >= 15 is 0 Å². The molecule has 1 heterocycles. The molecule has 0 unspecified atom stereocenters. The van der Waals surface area contributed by atoms with Gasteiger partial charge >= 0.3 is 0 Å². The molecule has 0 saturated heterocycles. The van der Waals surface area contributed by atoms with E-state index in [9.17, 15) is 4.79 Å². The van der Waals surface area contributed by atoms with Gasteiger partial charge in [-0.3, -0.25) is 4.79 Å². The lowest BCUT2D eigenvalue weighted by atomic mass is 10.1. The van der Waals surface area contributed by atoms with E-state index in [1.165, 1.54) is 0 Å². The third kappa shape index (κ3) is 3.99. The first-order valence-electron chi connectivity index (χ1n) is 9.56. The van der Waals surface area contributed by atoms with Crippen molar-refractivity contribution >= 4 is 22.7 Å². The van der Waals surface area contributed by atoms with Crippen molar-refractivity contribution in [2.75, 3.05) is 11.9 Å². The van der Waals surface area contributed by atoms with Crippen LogP contribution in [0, 0.1) is 13.8 Å². The number of fused-ring (bicyclic) bond motifs is 1. The van der Waals surface area contributed by atoms with Crippen LogP contribution in [0.1, 0.15) is 28.4 Å². The molecule has 3 aromatic carbocycles. The second-order valence-electron chi connectivity index (χ2n) is 6.93. The van der Waals surface area contributed by atoms with E-state index in [4.69, 9.17) is 9.15 Å². The van der Waals surface area contributed by atoms with Crippen LogP contribution in [-0.4, -0.2) is 17.5 Å². The first-order valence-corrected chi connectivity index (χ1v) is 9.56. The Kier molecular flexibility index (Phi) is 5.04. The van der Waals surface area contributed by atoms with Crippen molar-refractivity contribution in [3.63, 3.8) is 0 Å². The summed E-state index contributed by atoms with van der Waals surface area (Å²) in [5, 5.41) is 2.98. The molecule has 0 aliphatic heterocycles. The molecular weight excluding hydrogens is 364 g/mol. The fourth-order valence-corrected chi connectivity index (χ4v) is 3.11. The van der Waals surface area contributed by atoms with Gasteiger partial charge in [-0.05, 0) is 80.4 Å². The summed E-state index contributed by atoms with van der Waals surface area (Å²) in [6.45, 7) is 6.48. The Morgan fingerprint density at radius 1 is 1.03 bits per heavy atom. The number of hydrogen-bond acceptors (Lipinski definition) is 4. The fraction of sp³-hybridized carbons (Fsp3) is 0.167. The molecule has 29 heavy (non-hydrogen) atoms. The number of nitrogens with zero attached hydrogens (tertiary/aromatic N) is 1. The number of aromatic nitrogens is 1. The second kappa shape index (κ2) is 7.80. The van der Waals surface area contributed by atoms with Crippen molar-refractivity contribution in [1.82, 2.24) is 4.98 Å². The Morgan fingerprint density at radius 2 is 1.83 bits per heavy atom. The molecule has 0 radical (unpaired) electrons. The molecule has 0 fully saturated rings. The minimum Gasteiger partial charge on any atom is -0.494 e. The minimum atomic E-state index is -0.179. The first kappa shape index (κ1) is 18.7. The molecule has 1 aromatic heterocycles. The van der Waals surface area contributed by atoms with Gasteiger partial charge in [-0.25, -0.2) is 4.98 Å². The molecule has 0 aliphatic rings. The topological polar surface area (TPSA) is 64.4 Å². The van der Waals surface area contributed by atoms with Gasteiger partial charge in [0, 0.05) is 16.8 Å². The number of rotatable bonds is 5. The van der Waals surface area contributed by atoms with Gasteiger partial charge < -0.3 is 14.5 Å². The molecule has 0 bridgehead atoms. The summed E-state index contributed by atoms with van der Waals surface area (Å²) < 4.78 is 11.3. The highest BCUT2D eigenvalue weighted by atomic mass is 16.5. The number of aryl methyl sites for hydroxylation is 2. The predicted octanol–water partition coefficient (Wildman–Crippen LogP) is 5.76.